The van der Waals surface area contributed by atoms with Crippen molar-refractivity contribution in [2.24, 2.45) is 0 Å². The van der Waals surface area contributed by atoms with Crippen molar-refractivity contribution in [2.45, 2.75) is 30.9 Å². The fraction of sp³-hybridized carbons (Fsp3) is 0.375. The van der Waals surface area contributed by atoms with E-state index in [1.54, 1.807) is 0 Å². The number of amidine groups is 1. The highest BCUT2D eigenvalue weighted by Crippen LogP contribution is 2.26. The molecule has 0 fully saturated rings. The molecule has 0 aliphatic carbocycles. The Hall–Kier alpha value is -2.60. The Morgan fingerprint density at radius 2 is 2.11 bits per heavy atom. The van der Waals surface area contributed by atoms with Gasteiger partial charge in [0, 0.05) is 18.0 Å². The summed E-state index contributed by atoms with van der Waals surface area (Å²) in [7, 11) is 0. The minimum atomic E-state index is -2.99. The van der Waals surface area contributed by atoms with Gasteiger partial charge >= 0.3 is 0 Å². The zero-order valence-electron chi connectivity index (χ0n) is 14.9. The second-order valence-electron chi connectivity index (χ2n) is 6.12. The quantitative estimate of drug-likeness (QED) is 0.225. The lowest BCUT2D eigenvalue weighted by Gasteiger charge is -2.16. The summed E-state index contributed by atoms with van der Waals surface area (Å²) in [5.41, 5.74) is -2.17. The van der Waals surface area contributed by atoms with E-state index in [1.165, 1.54) is 19.9 Å². The average molecular weight is 417 g/mol. The van der Waals surface area contributed by atoms with Gasteiger partial charge in [-0.25, -0.2) is 17.8 Å². The molecule has 0 spiro atoms. The monoisotopic (exact) mass is 417 g/mol. The minimum absolute atomic E-state index is 0.0294. The van der Waals surface area contributed by atoms with Gasteiger partial charge in [-0.3, -0.25) is 10.2 Å². The summed E-state index contributed by atoms with van der Waals surface area (Å²) in [5, 5.41) is 30.1. The maximum absolute atomic E-state index is 13.4. The molecule has 0 aliphatic heterocycles. The molecule has 0 saturated heterocycles. The zero-order chi connectivity index (χ0) is 20.9. The molecule has 1 heterocycles. The molecule has 0 saturated carbocycles. The molecule has 8 nitrogen and oxygen atoms in total. The van der Waals surface area contributed by atoms with Gasteiger partial charge in [0.05, 0.1) is 5.56 Å². The molecular formula is C16H18F3N5O3S. The van der Waals surface area contributed by atoms with Crippen LogP contribution >= 0.6 is 11.8 Å². The molecule has 2 rings (SSSR count). The number of nitrogens with one attached hydrogen (secondary N) is 3. The fourth-order valence-corrected chi connectivity index (χ4v) is 2.71. The topological polar surface area (TPSA) is 124 Å². The molecule has 12 heteroatoms. The second kappa shape index (κ2) is 9.06. The smallest absolute Gasteiger partial charge is 0.266 e. The van der Waals surface area contributed by atoms with Crippen molar-refractivity contribution in [1.29, 1.82) is 5.41 Å². The summed E-state index contributed by atoms with van der Waals surface area (Å²) in [6.45, 7) is 2.93. The Balaban J connectivity index is 1.96. The summed E-state index contributed by atoms with van der Waals surface area (Å²) in [4.78, 5) is 11.6. The van der Waals surface area contributed by atoms with Gasteiger partial charge in [-0.05, 0) is 42.4 Å². The van der Waals surface area contributed by atoms with Gasteiger partial charge in [-0.15, -0.1) is 0 Å². The van der Waals surface area contributed by atoms with Crippen LogP contribution in [0.15, 0.2) is 27.9 Å². The molecule has 0 radical (unpaired) electrons. The van der Waals surface area contributed by atoms with Gasteiger partial charge in [-0.2, -0.15) is 0 Å². The van der Waals surface area contributed by atoms with Crippen molar-refractivity contribution in [3.05, 3.63) is 35.3 Å². The summed E-state index contributed by atoms with van der Waals surface area (Å²) in [5.74, 6) is -1.51. The van der Waals surface area contributed by atoms with E-state index < -0.39 is 29.3 Å². The summed E-state index contributed by atoms with van der Waals surface area (Å²) in [6, 6.07) is 2.99. The van der Waals surface area contributed by atoms with E-state index in [1.807, 2.05) is 0 Å². The molecule has 1 amide bonds. The van der Waals surface area contributed by atoms with Gasteiger partial charge in [0.1, 0.15) is 11.4 Å². The van der Waals surface area contributed by atoms with Crippen LogP contribution in [0.2, 0.25) is 0 Å². The first-order valence-corrected chi connectivity index (χ1v) is 8.97. The van der Waals surface area contributed by atoms with Crippen molar-refractivity contribution < 1.29 is 27.7 Å². The Morgan fingerprint density at radius 3 is 2.75 bits per heavy atom. The van der Waals surface area contributed by atoms with Crippen LogP contribution in [0.1, 0.15) is 31.5 Å². The Bertz CT molecular complexity index is 854. The lowest BCUT2D eigenvalue weighted by molar-refractivity contribution is -0.136. The van der Waals surface area contributed by atoms with Gasteiger partial charge in [0.25, 0.3) is 12.3 Å². The molecule has 0 bridgehead atoms. The van der Waals surface area contributed by atoms with E-state index in [9.17, 15) is 23.1 Å². The number of carbonyl (C=O) groups is 1. The van der Waals surface area contributed by atoms with Crippen molar-refractivity contribution in [1.82, 2.24) is 15.6 Å². The number of benzene rings is 1. The molecule has 0 unspecified atom stereocenters. The molecule has 1 aromatic heterocycles. The first-order chi connectivity index (χ1) is 13.1. The largest absolute Gasteiger partial charge is 0.381 e. The summed E-state index contributed by atoms with van der Waals surface area (Å²) >= 11 is 1.13. The highest BCUT2D eigenvalue weighted by atomic mass is 32.2. The highest BCUT2D eigenvalue weighted by molar-refractivity contribution is 7.99. The fourth-order valence-electron chi connectivity index (χ4n) is 1.95. The number of halogens is 3. The molecule has 2 aromatic rings. The normalized spacial score (nSPS) is 11.5. The third-order valence-electron chi connectivity index (χ3n) is 3.38. The second-order valence-corrected chi connectivity index (χ2v) is 7.20. The maximum atomic E-state index is 13.4. The SMILES string of the molecule is CC(C)(O)C(=O)NCCSc1nonc1C(=N)Nc1ccc(F)c(C(F)F)c1. The predicted molar refractivity (Wildman–Crippen MR) is 96.1 cm³/mol. The first kappa shape index (κ1) is 21.7. The number of aromatic nitrogens is 2. The number of nitrogens with zero attached hydrogens (tertiary/aromatic N) is 2. The van der Waals surface area contributed by atoms with E-state index in [4.69, 9.17) is 5.41 Å². The molecule has 1 aromatic carbocycles. The van der Waals surface area contributed by atoms with Crippen LogP contribution in [0.3, 0.4) is 0 Å². The third kappa shape index (κ3) is 5.70. The first-order valence-electron chi connectivity index (χ1n) is 7.99. The molecular weight excluding hydrogens is 399 g/mol. The van der Waals surface area contributed by atoms with Gasteiger partial charge in [-0.1, -0.05) is 11.8 Å². The van der Waals surface area contributed by atoms with E-state index >= 15 is 0 Å². The van der Waals surface area contributed by atoms with E-state index in [2.05, 4.69) is 25.6 Å². The van der Waals surface area contributed by atoms with Crippen molar-refractivity contribution >= 4 is 29.2 Å². The predicted octanol–water partition coefficient (Wildman–Crippen LogP) is 2.56. The van der Waals surface area contributed by atoms with E-state index in [-0.39, 0.29) is 28.8 Å². The van der Waals surface area contributed by atoms with Crippen LogP contribution in [-0.2, 0) is 4.79 Å². The highest BCUT2D eigenvalue weighted by Gasteiger charge is 2.23. The van der Waals surface area contributed by atoms with Crippen LogP contribution in [-0.4, -0.2) is 45.1 Å². The number of hydrogen-bond donors (Lipinski definition) is 4. The Labute approximate surface area is 162 Å². The number of rotatable bonds is 8. The Morgan fingerprint density at radius 1 is 1.39 bits per heavy atom. The number of amides is 1. The standard InChI is InChI=1S/C16H18F3N5O3S/c1-16(2,26)15(25)21-5-6-28-14-11(23-27-24-14)13(20)22-8-3-4-10(17)9(7-8)12(18)19/h3-4,7,12,26H,5-6H2,1-2H3,(H2,20,22)(H,21,25). The summed E-state index contributed by atoms with van der Waals surface area (Å²) < 4.78 is 43.5. The minimum Gasteiger partial charge on any atom is -0.381 e. The molecule has 0 atom stereocenters. The van der Waals surface area contributed by atoms with Crippen molar-refractivity contribution in [3.63, 3.8) is 0 Å². The van der Waals surface area contributed by atoms with E-state index in [0.29, 0.717) is 5.75 Å². The summed E-state index contributed by atoms with van der Waals surface area (Å²) in [6.07, 6.45) is -2.99. The zero-order valence-corrected chi connectivity index (χ0v) is 15.7. The molecule has 28 heavy (non-hydrogen) atoms. The lowest BCUT2D eigenvalue weighted by atomic mass is 10.1. The average Bonchev–Trinajstić information content (AvgIpc) is 3.07. The third-order valence-corrected chi connectivity index (χ3v) is 4.33. The van der Waals surface area contributed by atoms with Crippen LogP contribution < -0.4 is 10.6 Å². The number of alkyl halides is 2. The maximum Gasteiger partial charge on any atom is 0.266 e. The number of anilines is 1. The number of hydrogen-bond acceptors (Lipinski definition) is 7. The number of carbonyl (C=O) groups excluding carboxylic acids is 1. The van der Waals surface area contributed by atoms with Crippen LogP contribution in [0.4, 0.5) is 18.9 Å². The van der Waals surface area contributed by atoms with Gasteiger partial charge in [0.2, 0.25) is 0 Å². The van der Waals surface area contributed by atoms with E-state index in [0.717, 1.165) is 23.9 Å². The van der Waals surface area contributed by atoms with Crippen LogP contribution in [0, 0.1) is 11.2 Å². The molecule has 4 N–H and O–H groups in total. The van der Waals surface area contributed by atoms with Crippen molar-refractivity contribution in [2.75, 3.05) is 17.6 Å². The lowest BCUT2D eigenvalue weighted by Crippen LogP contribution is -2.42. The molecule has 0 aliphatic rings. The van der Waals surface area contributed by atoms with Crippen LogP contribution in [0.5, 0.6) is 0 Å². The van der Waals surface area contributed by atoms with Gasteiger partial charge < -0.3 is 15.7 Å². The van der Waals surface area contributed by atoms with Crippen molar-refractivity contribution in [3.8, 4) is 0 Å². The van der Waals surface area contributed by atoms with Gasteiger partial charge in [0.15, 0.2) is 16.6 Å². The number of thioether (sulfide) groups is 1. The molecule has 152 valence electrons. The number of aliphatic hydroxyl groups is 1. The Kier molecular flexibility index (Phi) is 7.02. The van der Waals surface area contributed by atoms with Crippen LogP contribution in [0.25, 0.3) is 0 Å².